The van der Waals surface area contributed by atoms with E-state index in [9.17, 15) is 24.3 Å². The van der Waals surface area contributed by atoms with E-state index in [-0.39, 0.29) is 30.9 Å². The summed E-state index contributed by atoms with van der Waals surface area (Å²) in [6.07, 6.45) is 1.19. The molecule has 11 heteroatoms. The molecule has 1 fully saturated rings. The molecule has 11 nitrogen and oxygen atoms in total. The van der Waals surface area contributed by atoms with Gasteiger partial charge in [-0.1, -0.05) is 19.9 Å². The molecule has 0 saturated carbocycles. The van der Waals surface area contributed by atoms with Crippen LogP contribution in [0.5, 0.6) is 0 Å². The van der Waals surface area contributed by atoms with E-state index in [0.29, 0.717) is 0 Å². The first kappa shape index (κ1) is 25.3. The molecule has 2 heterocycles. The third-order valence-electron chi connectivity index (χ3n) is 5.02. The average molecular weight is 454 g/mol. The maximum absolute atomic E-state index is 12.0. The van der Waals surface area contributed by atoms with Crippen molar-refractivity contribution in [2.45, 2.75) is 71.1 Å². The minimum Gasteiger partial charge on any atom is -0.478 e. The topological polar surface area (TPSA) is 155 Å². The van der Waals surface area contributed by atoms with E-state index < -0.39 is 54.5 Å². The number of hydrogen-bond donors (Lipinski definition) is 2. The molecule has 0 aliphatic carbocycles. The van der Waals surface area contributed by atoms with Crippen molar-refractivity contribution in [3.63, 3.8) is 0 Å². The summed E-state index contributed by atoms with van der Waals surface area (Å²) in [5, 5.41) is 9.30. The molecule has 0 radical (unpaired) electrons. The Bertz CT molecular complexity index is 792. The number of nitrogens with two attached hydrogens (primary N) is 1. The number of ether oxygens (including phenoxy) is 4. The smallest absolute Gasteiger partial charge is 0.333 e. The summed E-state index contributed by atoms with van der Waals surface area (Å²) in [5.41, 5.74) is 5.89. The summed E-state index contributed by atoms with van der Waals surface area (Å²) < 4.78 is 22.0. The average Bonchev–Trinajstić information content (AvgIpc) is 3.03. The second-order valence-electron chi connectivity index (χ2n) is 7.93. The van der Waals surface area contributed by atoms with Crippen LogP contribution in [0.4, 0.5) is 0 Å². The Morgan fingerprint density at radius 1 is 1.19 bits per heavy atom. The summed E-state index contributed by atoms with van der Waals surface area (Å²) in [6, 6.07) is -0.775. The van der Waals surface area contributed by atoms with Crippen LogP contribution < -0.4 is 5.73 Å². The van der Waals surface area contributed by atoms with Gasteiger partial charge >= 0.3 is 23.9 Å². The minimum absolute atomic E-state index is 0.0623. The standard InChI is InChI=1S/C21H30N2O9/c1-11(2)16(22)21(28)29-9-7-15-17(30-12(3)24)18(31-13(4)25)19(32-15)23-8-5-6-14(10-23)20(26)27/h5,8,10-11,15-19H,6-7,9,22H2,1-4H3,(H,26,27)/t15-,16+,17-,18-,19-/m1/s1. The van der Waals surface area contributed by atoms with Crippen LogP contribution >= 0.6 is 0 Å². The Labute approximate surface area is 186 Å². The maximum atomic E-state index is 12.0. The molecule has 0 aromatic rings. The van der Waals surface area contributed by atoms with E-state index in [1.54, 1.807) is 26.1 Å². The molecule has 1 saturated heterocycles. The molecule has 178 valence electrons. The third kappa shape index (κ3) is 6.54. The van der Waals surface area contributed by atoms with Crippen LogP contribution in [0.2, 0.25) is 0 Å². The number of esters is 3. The lowest BCUT2D eigenvalue weighted by molar-refractivity contribution is -0.166. The number of carboxylic acids is 1. The zero-order chi connectivity index (χ0) is 24.0. The van der Waals surface area contributed by atoms with Crippen molar-refractivity contribution in [1.29, 1.82) is 0 Å². The third-order valence-corrected chi connectivity index (χ3v) is 5.02. The molecule has 32 heavy (non-hydrogen) atoms. The molecule has 0 aromatic heterocycles. The summed E-state index contributed by atoms with van der Waals surface area (Å²) in [7, 11) is 0. The van der Waals surface area contributed by atoms with Gasteiger partial charge in [0, 0.05) is 39.1 Å². The van der Waals surface area contributed by atoms with Gasteiger partial charge in [-0.25, -0.2) is 4.79 Å². The Balaban J connectivity index is 2.21. The highest BCUT2D eigenvalue weighted by Crippen LogP contribution is 2.33. The van der Waals surface area contributed by atoms with Gasteiger partial charge in [-0.15, -0.1) is 0 Å². The molecule has 2 rings (SSSR count). The number of carbonyl (C=O) groups excluding carboxylic acids is 3. The fraction of sp³-hybridized carbons (Fsp3) is 0.619. The van der Waals surface area contributed by atoms with Crippen molar-refractivity contribution in [3.8, 4) is 0 Å². The quantitative estimate of drug-likeness (QED) is 0.373. The van der Waals surface area contributed by atoms with Crippen LogP contribution in [0.3, 0.4) is 0 Å². The number of allylic oxidation sites excluding steroid dienone is 1. The molecule has 0 unspecified atom stereocenters. The highest BCUT2D eigenvalue weighted by Gasteiger charge is 2.51. The van der Waals surface area contributed by atoms with E-state index in [2.05, 4.69) is 0 Å². The van der Waals surface area contributed by atoms with E-state index in [4.69, 9.17) is 24.7 Å². The molecule has 0 bridgehead atoms. The predicted molar refractivity (Wildman–Crippen MR) is 109 cm³/mol. The van der Waals surface area contributed by atoms with Crippen LogP contribution in [0.15, 0.2) is 24.0 Å². The zero-order valence-electron chi connectivity index (χ0n) is 18.6. The normalized spacial score (nSPS) is 25.8. The van der Waals surface area contributed by atoms with E-state index >= 15 is 0 Å². The molecule has 2 aliphatic heterocycles. The van der Waals surface area contributed by atoms with Crippen molar-refractivity contribution < 1.29 is 43.2 Å². The monoisotopic (exact) mass is 454 g/mol. The second kappa shape index (κ2) is 11.1. The van der Waals surface area contributed by atoms with Gasteiger partial charge in [0.05, 0.1) is 12.2 Å². The first-order valence-electron chi connectivity index (χ1n) is 10.3. The Kier molecular flexibility index (Phi) is 8.79. The first-order valence-corrected chi connectivity index (χ1v) is 10.3. The van der Waals surface area contributed by atoms with Crippen LogP contribution in [-0.4, -0.2) is 71.1 Å². The number of hydrogen-bond acceptors (Lipinski definition) is 10. The Morgan fingerprint density at radius 3 is 2.38 bits per heavy atom. The van der Waals surface area contributed by atoms with Gasteiger partial charge in [0.1, 0.15) is 12.1 Å². The van der Waals surface area contributed by atoms with Gasteiger partial charge < -0.3 is 34.7 Å². The summed E-state index contributed by atoms with van der Waals surface area (Å²) in [4.78, 5) is 48.3. The van der Waals surface area contributed by atoms with Gasteiger partial charge in [0.15, 0.2) is 18.4 Å². The largest absolute Gasteiger partial charge is 0.478 e. The molecule has 0 aromatic carbocycles. The summed E-state index contributed by atoms with van der Waals surface area (Å²) in [6.45, 7) is 5.94. The van der Waals surface area contributed by atoms with Crippen LogP contribution in [-0.2, 0) is 38.1 Å². The predicted octanol–water partition coefficient (Wildman–Crippen LogP) is 0.679. The maximum Gasteiger partial charge on any atom is 0.333 e. The number of carboxylic acid groups (broad SMARTS) is 1. The van der Waals surface area contributed by atoms with Crippen molar-refractivity contribution in [3.05, 3.63) is 24.0 Å². The number of carbonyl (C=O) groups is 4. The first-order chi connectivity index (χ1) is 15.0. The lowest BCUT2D eigenvalue weighted by atomic mass is 10.1. The van der Waals surface area contributed by atoms with Crippen molar-refractivity contribution in [2.24, 2.45) is 11.7 Å². The molecule has 0 amide bonds. The SMILES string of the molecule is CC(=O)O[C@@H]1[C@H](OC(C)=O)[C@@H](CCOC(=O)[C@@H](N)C(C)C)O[C@H]1N1C=CCC(C(=O)O)=C1. The van der Waals surface area contributed by atoms with Crippen LogP contribution in [0.25, 0.3) is 0 Å². The van der Waals surface area contributed by atoms with Crippen molar-refractivity contribution >= 4 is 23.9 Å². The summed E-state index contributed by atoms with van der Waals surface area (Å²) >= 11 is 0. The van der Waals surface area contributed by atoms with Crippen molar-refractivity contribution in [1.82, 2.24) is 4.90 Å². The fourth-order valence-electron chi connectivity index (χ4n) is 3.35. The van der Waals surface area contributed by atoms with E-state index in [1.165, 1.54) is 24.9 Å². The van der Waals surface area contributed by atoms with Crippen LogP contribution in [0.1, 0.15) is 40.5 Å². The number of rotatable bonds is 9. The highest BCUT2D eigenvalue weighted by atomic mass is 16.6. The Hall–Kier alpha value is -2.92. The lowest BCUT2D eigenvalue weighted by Crippen LogP contribution is -2.44. The number of nitrogens with zero attached hydrogens (tertiary/aromatic N) is 1. The Morgan fingerprint density at radius 2 is 1.81 bits per heavy atom. The minimum atomic E-state index is -1.09. The molecule has 5 atom stereocenters. The fourth-order valence-corrected chi connectivity index (χ4v) is 3.35. The van der Waals surface area contributed by atoms with Crippen molar-refractivity contribution in [2.75, 3.05) is 6.61 Å². The van der Waals surface area contributed by atoms with Gasteiger partial charge in [-0.2, -0.15) is 0 Å². The molecule has 2 aliphatic rings. The van der Waals surface area contributed by atoms with E-state index in [0.717, 1.165) is 0 Å². The zero-order valence-corrected chi connectivity index (χ0v) is 18.6. The second-order valence-corrected chi connectivity index (χ2v) is 7.93. The van der Waals surface area contributed by atoms with Gasteiger partial charge in [-0.3, -0.25) is 14.4 Å². The molecular weight excluding hydrogens is 424 g/mol. The number of aliphatic carboxylic acids is 1. The van der Waals surface area contributed by atoms with Crippen LogP contribution in [0, 0.1) is 5.92 Å². The van der Waals surface area contributed by atoms with Gasteiger partial charge in [-0.05, 0) is 5.92 Å². The van der Waals surface area contributed by atoms with E-state index in [1.807, 2.05) is 0 Å². The highest BCUT2D eigenvalue weighted by molar-refractivity contribution is 5.87. The molecule has 3 N–H and O–H groups in total. The van der Waals surface area contributed by atoms with Gasteiger partial charge in [0.2, 0.25) is 0 Å². The van der Waals surface area contributed by atoms with Gasteiger partial charge in [0.25, 0.3) is 0 Å². The lowest BCUT2D eigenvalue weighted by Gasteiger charge is -2.30. The molecular formula is C21H30N2O9. The molecule has 0 spiro atoms. The summed E-state index contributed by atoms with van der Waals surface area (Å²) in [5.74, 6) is -3.00.